The van der Waals surface area contributed by atoms with Crippen LogP contribution in [0, 0.1) is 0 Å². The van der Waals surface area contributed by atoms with Crippen molar-refractivity contribution in [1.29, 1.82) is 0 Å². The van der Waals surface area contributed by atoms with Gasteiger partial charge in [0, 0.05) is 18.7 Å². The average molecular weight is 364 g/mol. The van der Waals surface area contributed by atoms with Crippen molar-refractivity contribution in [3.63, 3.8) is 0 Å². The van der Waals surface area contributed by atoms with E-state index in [1.54, 1.807) is 48.5 Å². The number of ether oxygens (including phenoxy) is 1. The van der Waals surface area contributed by atoms with Crippen LogP contribution in [0.1, 0.15) is 49.5 Å². The van der Waals surface area contributed by atoms with Crippen LogP contribution in [0.3, 0.4) is 0 Å². The molecule has 2 heterocycles. The molecule has 0 spiro atoms. The topological polar surface area (TPSA) is 75.7 Å². The summed E-state index contributed by atoms with van der Waals surface area (Å²) < 4.78 is 5.51. The molecule has 2 aromatic carbocycles. The van der Waals surface area contributed by atoms with E-state index in [1.165, 1.54) is 4.90 Å². The summed E-state index contributed by atoms with van der Waals surface area (Å²) in [6.45, 7) is 1.37. The van der Waals surface area contributed by atoms with Gasteiger partial charge in [0.1, 0.15) is 0 Å². The molecule has 1 N–H and O–H groups in total. The molecule has 0 unspecified atom stereocenters. The summed E-state index contributed by atoms with van der Waals surface area (Å²) in [6.07, 6.45) is 2.06. The van der Waals surface area contributed by atoms with Crippen molar-refractivity contribution >= 4 is 17.7 Å². The number of carbonyl (C=O) groups is 3. The third-order valence-corrected chi connectivity index (χ3v) is 4.92. The van der Waals surface area contributed by atoms with Crippen LogP contribution >= 0.6 is 0 Å². The van der Waals surface area contributed by atoms with Gasteiger partial charge < -0.3 is 10.1 Å². The van der Waals surface area contributed by atoms with Gasteiger partial charge in [-0.1, -0.05) is 24.3 Å². The monoisotopic (exact) mass is 364 g/mol. The third-order valence-electron chi connectivity index (χ3n) is 4.92. The Hall–Kier alpha value is -2.99. The molecule has 0 radical (unpaired) electrons. The van der Waals surface area contributed by atoms with Gasteiger partial charge in [-0.15, -0.1) is 0 Å². The second-order valence-corrected chi connectivity index (χ2v) is 6.79. The zero-order chi connectivity index (χ0) is 18.8. The van der Waals surface area contributed by atoms with Crippen LogP contribution in [0.5, 0.6) is 0 Å². The zero-order valence-electron chi connectivity index (χ0n) is 14.8. The van der Waals surface area contributed by atoms with Crippen molar-refractivity contribution < 1.29 is 19.1 Å². The first-order valence-electron chi connectivity index (χ1n) is 9.07. The van der Waals surface area contributed by atoms with E-state index in [0.29, 0.717) is 23.2 Å². The lowest BCUT2D eigenvalue weighted by atomic mass is 10.1. The first-order chi connectivity index (χ1) is 13.1. The summed E-state index contributed by atoms with van der Waals surface area (Å²) in [5.74, 6) is -0.789. The molecule has 2 aromatic rings. The molecule has 1 saturated heterocycles. The molecule has 6 nitrogen and oxygen atoms in total. The number of benzene rings is 2. The quantitative estimate of drug-likeness (QED) is 0.827. The summed E-state index contributed by atoms with van der Waals surface area (Å²) in [5, 5.41) is 2.88. The molecule has 0 aromatic heterocycles. The van der Waals surface area contributed by atoms with Crippen molar-refractivity contribution in [2.75, 3.05) is 13.2 Å². The second kappa shape index (κ2) is 7.32. The van der Waals surface area contributed by atoms with Gasteiger partial charge in [0.2, 0.25) is 0 Å². The lowest BCUT2D eigenvalue weighted by molar-refractivity contribution is 0.0642. The molecule has 0 saturated carbocycles. The maximum Gasteiger partial charge on any atom is 0.261 e. The fourth-order valence-corrected chi connectivity index (χ4v) is 3.49. The molecule has 6 heteroatoms. The Kier molecular flexibility index (Phi) is 4.73. The third kappa shape index (κ3) is 3.48. The van der Waals surface area contributed by atoms with Crippen LogP contribution in [0.2, 0.25) is 0 Å². The molecule has 0 bridgehead atoms. The van der Waals surface area contributed by atoms with Crippen LogP contribution in [0.25, 0.3) is 0 Å². The van der Waals surface area contributed by atoms with Gasteiger partial charge in [0.05, 0.1) is 23.8 Å². The molecule has 1 fully saturated rings. The predicted octanol–water partition coefficient (Wildman–Crippen LogP) is 2.39. The number of nitrogens with zero attached hydrogens (tertiary/aromatic N) is 1. The Bertz CT molecular complexity index is 868. The highest BCUT2D eigenvalue weighted by Gasteiger charge is 2.35. The molecule has 4 rings (SSSR count). The van der Waals surface area contributed by atoms with Gasteiger partial charge in [-0.2, -0.15) is 0 Å². The van der Waals surface area contributed by atoms with Crippen LogP contribution in [-0.4, -0.2) is 41.9 Å². The summed E-state index contributed by atoms with van der Waals surface area (Å²) in [5.41, 5.74) is 2.08. The van der Waals surface area contributed by atoms with Crippen molar-refractivity contribution in [1.82, 2.24) is 10.2 Å². The molecular formula is C21H20N2O4. The summed E-state index contributed by atoms with van der Waals surface area (Å²) >= 11 is 0. The highest BCUT2D eigenvalue weighted by molar-refractivity contribution is 6.21. The van der Waals surface area contributed by atoms with E-state index in [0.717, 1.165) is 25.0 Å². The van der Waals surface area contributed by atoms with E-state index in [1.807, 2.05) is 0 Å². The highest BCUT2D eigenvalue weighted by Crippen LogP contribution is 2.24. The molecule has 3 amide bonds. The summed E-state index contributed by atoms with van der Waals surface area (Å²) in [6, 6.07) is 13.8. The normalized spacial score (nSPS) is 18.7. The number of fused-ring (bicyclic) bond motifs is 1. The predicted molar refractivity (Wildman–Crippen MR) is 98.4 cm³/mol. The van der Waals surface area contributed by atoms with E-state index in [9.17, 15) is 14.4 Å². The second-order valence-electron chi connectivity index (χ2n) is 6.79. The minimum atomic E-state index is -0.302. The van der Waals surface area contributed by atoms with Crippen molar-refractivity contribution in [3.05, 3.63) is 70.8 Å². The van der Waals surface area contributed by atoms with Gasteiger partial charge in [0.25, 0.3) is 17.7 Å². The van der Waals surface area contributed by atoms with Crippen LogP contribution in [-0.2, 0) is 11.3 Å². The lowest BCUT2D eigenvalue weighted by Gasteiger charge is -2.15. The van der Waals surface area contributed by atoms with Crippen LogP contribution in [0.15, 0.2) is 48.5 Å². The zero-order valence-corrected chi connectivity index (χ0v) is 14.8. The van der Waals surface area contributed by atoms with Gasteiger partial charge in [-0.05, 0) is 42.7 Å². The molecule has 27 heavy (non-hydrogen) atoms. The number of imide groups is 1. The van der Waals surface area contributed by atoms with Gasteiger partial charge >= 0.3 is 0 Å². The van der Waals surface area contributed by atoms with Gasteiger partial charge in [-0.25, -0.2) is 0 Å². The van der Waals surface area contributed by atoms with E-state index < -0.39 is 0 Å². The Labute approximate surface area is 157 Å². The number of amides is 3. The molecule has 2 aliphatic rings. The van der Waals surface area contributed by atoms with E-state index >= 15 is 0 Å². The fourth-order valence-electron chi connectivity index (χ4n) is 3.49. The van der Waals surface area contributed by atoms with Gasteiger partial charge in [-0.3, -0.25) is 19.3 Å². The summed E-state index contributed by atoms with van der Waals surface area (Å²) in [4.78, 5) is 38.6. The SMILES string of the molecule is O=C(NC[C@@H]1CCCO1)c1cccc(CN2C(=O)c3ccccc3C2=O)c1. The molecular weight excluding hydrogens is 344 g/mol. The maximum atomic E-state index is 12.5. The standard InChI is InChI=1S/C21H20N2O4/c24-19(22-12-16-7-4-10-27-16)15-6-3-5-14(11-15)13-23-20(25)17-8-1-2-9-18(17)21(23)26/h1-3,5-6,8-9,11,16H,4,7,10,12-13H2,(H,22,24)/t16-/m0/s1. The van der Waals surface area contributed by atoms with Crippen molar-refractivity contribution in [2.24, 2.45) is 0 Å². The van der Waals surface area contributed by atoms with Crippen molar-refractivity contribution in [3.8, 4) is 0 Å². The molecule has 138 valence electrons. The number of carbonyl (C=O) groups excluding carboxylic acids is 3. The smallest absolute Gasteiger partial charge is 0.261 e. The van der Waals surface area contributed by atoms with E-state index in [2.05, 4.69) is 5.32 Å². The largest absolute Gasteiger partial charge is 0.376 e. The molecule has 1 atom stereocenters. The van der Waals surface area contributed by atoms with Crippen molar-refractivity contribution in [2.45, 2.75) is 25.5 Å². The molecule has 0 aliphatic carbocycles. The van der Waals surface area contributed by atoms with Gasteiger partial charge in [0.15, 0.2) is 0 Å². The Morgan fingerprint density at radius 1 is 1.07 bits per heavy atom. The first kappa shape index (κ1) is 17.4. The maximum absolute atomic E-state index is 12.5. The average Bonchev–Trinajstić information content (AvgIpc) is 3.30. The minimum Gasteiger partial charge on any atom is -0.376 e. The van der Waals surface area contributed by atoms with E-state index in [4.69, 9.17) is 4.74 Å². The lowest BCUT2D eigenvalue weighted by Crippen LogP contribution is -2.32. The highest BCUT2D eigenvalue weighted by atomic mass is 16.5. The Morgan fingerprint density at radius 2 is 1.81 bits per heavy atom. The number of hydrogen-bond donors (Lipinski definition) is 1. The number of nitrogens with one attached hydrogen (secondary N) is 1. The number of hydrogen-bond acceptors (Lipinski definition) is 4. The Morgan fingerprint density at radius 3 is 2.48 bits per heavy atom. The minimum absolute atomic E-state index is 0.0791. The molecule has 2 aliphatic heterocycles. The Balaban J connectivity index is 1.44. The number of rotatable bonds is 5. The van der Waals surface area contributed by atoms with Crippen LogP contribution < -0.4 is 5.32 Å². The summed E-state index contributed by atoms with van der Waals surface area (Å²) in [7, 11) is 0. The van der Waals surface area contributed by atoms with E-state index in [-0.39, 0.29) is 30.4 Å². The fraction of sp³-hybridized carbons (Fsp3) is 0.286. The van der Waals surface area contributed by atoms with Crippen LogP contribution in [0.4, 0.5) is 0 Å². The first-order valence-corrected chi connectivity index (χ1v) is 9.07.